The van der Waals surface area contributed by atoms with Crippen LogP contribution in [0.3, 0.4) is 0 Å². The Morgan fingerprint density at radius 2 is 1.85 bits per heavy atom. The number of nitrogens with zero attached hydrogens (tertiary/aromatic N) is 1. The third kappa shape index (κ3) is 1.28. The minimum atomic E-state index is -4.34. The second kappa shape index (κ2) is 2.66. The van der Waals surface area contributed by atoms with Crippen molar-refractivity contribution in [1.29, 1.82) is 0 Å². The van der Waals surface area contributed by atoms with E-state index in [-0.39, 0.29) is 12.5 Å². The van der Waals surface area contributed by atoms with Gasteiger partial charge in [0.25, 0.3) is 10.1 Å². The summed E-state index contributed by atoms with van der Waals surface area (Å²) in [7, 11) is -4.34. The molecule has 6 heteroatoms. The molecule has 0 amide bonds. The van der Waals surface area contributed by atoms with Gasteiger partial charge in [0.05, 0.1) is 0 Å². The lowest BCUT2D eigenvalue weighted by atomic mass is 9.85. The van der Waals surface area contributed by atoms with Crippen molar-refractivity contribution in [3.05, 3.63) is 0 Å². The van der Waals surface area contributed by atoms with Gasteiger partial charge in [-0.15, -0.1) is 0 Å². The van der Waals surface area contributed by atoms with E-state index >= 15 is 0 Å². The third-order valence-electron chi connectivity index (χ3n) is 3.12. The Morgan fingerprint density at radius 3 is 2.08 bits per heavy atom. The Kier molecular flexibility index (Phi) is 1.92. The Hall–Kier alpha value is -0.170. The Labute approximate surface area is 77.1 Å². The van der Waals surface area contributed by atoms with Crippen LogP contribution in [0.1, 0.15) is 12.8 Å². The van der Waals surface area contributed by atoms with E-state index in [2.05, 4.69) is 0 Å². The van der Waals surface area contributed by atoms with Gasteiger partial charge in [-0.25, -0.2) is 0 Å². The fourth-order valence-corrected chi connectivity index (χ4v) is 3.29. The first-order valence-corrected chi connectivity index (χ1v) is 5.79. The number of hydrogen-bond acceptors (Lipinski definition) is 4. The van der Waals surface area contributed by atoms with E-state index in [9.17, 15) is 13.5 Å². The summed E-state index contributed by atoms with van der Waals surface area (Å²) in [6.45, 7) is 1.70. The highest BCUT2D eigenvalue weighted by molar-refractivity contribution is 7.87. The molecule has 0 radical (unpaired) electrons. The monoisotopic (exact) mass is 207 g/mol. The molecule has 1 atom stereocenters. The van der Waals surface area contributed by atoms with E-state index in [4.69, 9.17) is 4.55 Å². The van der Waals surface area contributed by atoms with Crippen LogP contribution in [0, 0.1) is 5.92 Å². The van der Waals surface area contributed by atoms with Gasteiger partial charge in [0, 0.05) is 12.5 Å². The second-order valence-electron chi connectivity index (χ2n) is 3.87. The second-order valence-corrected chi connectivity index (χ2v) is 5.53. The summed E-state index contributed by atoms with van der Waals surface area (Å²) in [4.78, 5) is -0.0444. The minimum Gasteiger partial charge on any atom is -0.371 e. The Balaban J connectivity index is 2.34. The highest BCUT2D eigenvalue weighted by atomic mass is 32.2. The summed E-state index contributed by atoms with van der Waals surface area (Å²) in [6.07, 6.45) is 1.30. The van der Waals surface area contributed by atoms with Gasteiger partial charge in [-0.05, 0) is 25.9 Å². The molecule has 0 spiro atoms. The van der Waals surface area contributed by atoms with Gasteiger partial charge in [0.2, 0.25) is 4.93 Å². The third-order valence-corrected chi connectivity index (χ3v) is 4.48. The van der Waals surface area contributed by atoms with Gasteiger partial charge in [0.1, 0.15) is 0 Å². The van der Waals surface area contributed by atoms with Crippen molar-refractivity contribution in [2.75, 3.05) is 19.6 Å². The zero-order valence-electron chi connectivity index (χ0n) is 7.18. The predicted molar refractivity (Wildman–Crippen MR) is 45.7 cm³/mol. The van der Waals surface area contributed by atoms with Gasteiger partial charge in [0.15, 0.2) is 0 Å². The summed E-state index contributed by atoms with van der Waals surface area (Å²) in [6, 6.07) is 0. The topological polar surface area (TPSA) is 77.8 Å². The molecule has 3 rings (SSSR count). The number of aliphatic hydroxyl groups is 1. The molecule has 1 unspecified atom stereocenters. The van der Waals surface area contributed by atoms with Crippen molar-refractivity contribution in [2.24, 2.45) is 5.92 Å². The van der Waals surface area contributed by atoms with Crippen LogP contribution in [0.2, 0.25) is 0 Å². The molecular formula is C7H13NO4S. The van der Waals surface area contributed by atoms with Gasteiger partial charge < -0.3 is 5.11 Å². The van der Waals surface area contributed by atoms with Crippen molar-refractivity contribution < 1.29 is 18.1 Å². The van der Waals surface area contributed by atoms with Gasteiger partial charge in [-0.3, -0.25) is 9.45 Å². The minimum absolute atomic E-state index is 0.0521. The average Bonchev–Trinajstić information content (AvgIpc) is 2.04. The van der Waals surface area contributed by atoms with Crippen LogP contribution in [-0.2, 0) is 10.1 Å². The van der Waals surface area contributed by atoms with Crippen LogP contribution in [0.4, 0.5) is 0 Å². The fraction of sp³-hybridized carbons (Fsp3) is 1.00. The first-order chi connectivity index (χ1) is 5.93. The van der Waals surface area contributed by atoms with Crippen molar-refractivity contribution >= 4 is 10.1 Å². The average molecular weight is 207 g/mol. The van der Waals surface area contributed by atoms with Crippen LogP contribution >= 0.6 is 0 Å². The maximum atomic E-state index is 11.0. The molecule has 0 aromatic rings. The van der Waals surface area contributed by atoms with Crippen molar-refractivity contribution in [3.63, 3.8) is 0 Å². The summed E-state index contributed by atoms with van der Waals surface area (Å²) >= 11 is 0. The summed E-state index contributed by atoms with van der Waals surface area (Å²) in [5.41, 5.74) is 0. The normalized spacial score (nSPS) is 45.1. The highest BCUT2D eigenvalue weighted by Gasteiger charge is 2.53. The predicted octanol–water partition coefficient (Wildman–Crippen LogP) is -0.712. The molecule has 0 aromatic heterocycles. The molecule has 5 nitrogen and oxygen atoms in total. The zero-order valence-corrected chi connectivity index (χ0v) is 8.00. The number of fused-ring (bicyclic) bond motifs is 3. The van der Waals surface area contributed by atoms with E-state index in [1.807, 2.05) is 4.90 Å². The van der Waals surface area contributed by atoms with E-state index in [1.165, 1.54) is 0 Å². The Bertz CT molecular complexity index is 306. The molecule has 3 heterocycles. The first kappa shape index (κ1) is 9.39. The number of hydrogen-bond donors (Lipinski definition) is 2. The zero-order chi connectivity index (χ0) is 9.69. The van der Waals surface area contributed by atoms with E-state index in [0.717, 1.165) is 13.1 Å². The molecule has 3 fully saturated rings. The lowest BCUT2D eigenvalue weighted by Gasteiger charge is -2.48. The van der Waals surface area contributed by atoms with Crippen molar-refractivity contribution in [2.45, 2.75) is 17.8 Å². The van der Waals surface area contributed by atoms with E-state index in [1.54, 1.807) is 0 Å². The molecule has 0 saturated carbocycles. The quantitative estimate of drug-likeness (QED) is 0.555. The van der Waals surface area contributed by atoms with Gasteiger partial charge in [-0.2, -0.15) is 8.42 Å². The van der Waals surface area contributed by atoms with Crippen LogP contribution in [0.15, 0.2) is 0 Å². The maximum Gasteiger partial charge on any atom is 0.296 e. The van der Waals surface area contributed by atoms with Crippen LogP contribution in [-0.4, -0.2) is 47.5 Å². The van der Waals surface area contributed by atoms with E-state index < -0.39 is 15.1 Å². The first-order valence-electron chi connectivity index (χ1n) is 4.35. The van der Waals surface area contributed by atoms with E-state index in [0.29, 0.717) is 12.8 Å². The molecule has 13 heavy (non-hydrogen) atoms. The van der Waals surface area contributed by atoms with Crippen molar-refractivity contribution in [3.8, 4) is 0 Å². The Morgan fingerprint density at radius 1 is 1.31 bits per heavy atom. The molecule has 76 valence electrons. The lowest BCUT2D eigenvalue weighted by molar-refractivity contribution is -0.0588. The van der Waals surface area contributed by atoms with Crippen LogP contribution in [0.25, 0.3) is 0 Å². The molecule has 2 N–H and O–H groups in total. The summed E-state index contributed by atoms with van der Waals surface area (Å²) < 4.78 is 30.9. The standard InChI is InChI=1S/C7H13NO4S/c9-7(13(10,11)12)5-8-3-1-6(7)2-4-8/h6,9H,1-5H2,(H,10,11,12). The molecular weight excluding hydrogens is 194 g/mol. The van der Waals surface area contributed by atoms with Crippen LogP contribution < -0.4 is 0 Å². The van der Waals surface area contributed by atoms with Crippen LogP contribution in [0.5, 0.6) is 0 Å². The largest absolute Gasteiger partial charge is 0.371 e. The molecule has 3 saturated heterocycles. The summed E-state index contributed by atoms with van der Waals surface area (Å²) in [5, 5.41) is 9.82. The molecule has 3 aliphatic rings. The fourth-order valence-electron chi connectivity index (χ4n) is 2.28. The van der Waals surface area contributed by atoms with Gasteiger partial charge >= 0.3 is 0 Å². The molecule has 0 aromatic carbocycles. The molecule has 0 aliphatic carbocycles. The number of rotatable bonds is 1. The smallest absolute Gasteiger partial charge is 0.296 e. The lowest BCUT2D eigenvalue weighted by Crippen LogP contribution is -2.62. The van der Waals surface area contributed by atoms with Crippen molar-refractivity contribution in [1.82, 2.24) is 4.90 Å². The molecule has 3 aliphatic heterocycles. The maximum absolute atomic E-state index is 11.0. The molecule has 2 bridgehead atoms. The summed E-state index contributed by atoms with van der Waals surface area (Å²) in [5.74, 6) is -0.299. The van der Waals surface area contributed by atoms with Gasteiger partial charge in [-0.1, -0.05) is 0 Å². The SMILES string of the molecule is O=S(=O)(O)C1(O)CN2CCC1CC2. The highest BCUT2D eigenvalue weighted by Crippen LogP contribution is 2.38. The number of piperidine rings is 3.